The Morgan fingerprint density at radius 3 is 2.41 bits per heavy atom. The van der Waals surface area contributed by atoms with Crippen LogP contribution in [0.15, 0.2) is 11.6 Å². The summed E-state index contributed by atoms with van der Waals surface area (Å²) in [5.74, 6) is 1.11. The van der Waals surface area contributed by atoms with E-state index in [0.717, 1.165) is 5.92 Å². The largest absolute Gasteiger partial charge is 0.364 e. The van der Waals surface area contributed by atoms with E-state index < -0.39 is 0 Å². The Hall–Kier alpha value is -0.630. The lowest BCUT2D eigenvalue weighted by Crippen LogP contribution is -2.51. The van der Waals surface area contributed by atoms with E-state index >= 15 is 0 Å². The van der Waals surface area contributed by atoms with Crippen LogP contribution >= 0.6 is 0 Å². The maximum atomic E-state index is 10.2. The van der Waals surface area contributed by atoms with Crippen LogP contribution in [-0.2, 0) is 9.53 Å². The fourth-order valence-corrected chi connectivity index (χ4v) is 4.75. The highest BCUT2D eigenvalue weighted by Gasteiger charge is 2.63. The second-order valence-electron chi connectivity index (χ2n) is 8.20. The minimum atomic E-state index is 0.0810. The number of carbonyl (C=O) groups is 1. The lowest BCUT2D eigenvalue weighted by molar-refractivity contribution is -0.130. The zero-order valence-corrected chi connectivity index (χ0v) is 15.4. The number of carbonyl (C=O) groups excluding carboxylic acids is 1. The van der Waals surface area contributed by atoms with Gasteiger partial charge >= 0.3 is 0 Å². The van der Waals surface area contributed by atoms with Crippen LogP contribution in [0.25, 0.3) is 0 Å². The summed E-state index contributed by atoms with van der Waals surface area (Å²) < 4.78 is 6.61. The van der Waals surface area contributed by atoms with Crippen LogP contribution in [0.3, 0.4) is 0 Å². The molecule has 126 valence electrons. The number of allylic oxidation sites excluding steroid dienone is 1. The van der Waals surface area contributed by atoms with Gasteiger partial charge in [0, 0.05) is 18.3 Å². The second-order valence-corrected chi connectivity index (χ2v) is 8.20. The van der Waals surface area contributed by atoms with E-state index in [1.54, 1.807) is 0 Å². The van der Waals surface area contributed by atoms with Gasteiger partial charge in [0.2, 0.25) is 0 Å². The molecule has 1 aliphatic heterocycles. The van der Waals surface area contributed by atoms with Gasteiger partial charge in [-0.05, 0) is 64.4 Å². The second kappa shape index (κ2) is 6.11. The number of hydrogen-bond donors (Lipinski definition) is 0. The molecule has 1 spiro atoms. The number of rotatable bonds is 2. The molecule has 0 amide bonds. The van der Waals surface area contributed by atoms with Gasteiger partial charge in [0.05, 0.1) is 11.2 Å². The van der Waals surface area contributed by atoms with Crippen LogP contribution in [0.4, 0.5) is 0 Å². The molecule has 0 radical (unpaired) electrons. The highest BCUT2D eigenvalue weighted by atomic mass is 16.5. The van der Waals surface area contributed by atoms with Crippen molar-refractivity contribution in [3.05, 3.63) is 11.6 Å². The molecule has 1 saturated carbocycles. The highest BCUT2D eigenvalue weighted by Crippen LogP contribution is 2.64. The van der Waals surface area contributed by atoms with Gasteiger partial charge in [0.15, 0.2) is 0 Å². The third-order valence-corrected chi connectivity index (χ3v) is 6.55. The first-order valence-corrected chi connectivity index (χ1v) is 9.10. The molecular weight excluding hydrogens is 272 g/mol. The quantitative estimate of drug-likeness (QED) is 0.634. The van der Waals surface area contributed by atoms with Crippen LogP contribution < -0.4 is 0 Å². The Balaban J connectivity index is 0.000000254. The van der Waals surface area contributed by atoms with Crippen molar-refractivity contribution in [3.63, 3.8) is 0 Å². The predicted molar refractivity (Wildman–Crippen MR) is 91.9 cm³/mol. The zero-order valence-electron chi connectivity index (χ0n) is 15.4. The molecule has 3 aliphatic rings. The number of ketones is 1. The van der Waals surface area contributed by atoms with Crippen molar-refractivity contribution in [2.24, 2.45) is 11.3 Å². The lowest BCUT2D eigenvalue weighted by Gasteiger charge is -2.51. The Bertz CT molecular complexity index is 456. The van der Waals surface area contributed by atoms with Crippen LogP contribution in [-0.4, -0.2) is 17.0 Å². The standard InChI is InChI=1S/C15H24O.C5H10O/c1-11-6-5-8-14(4)9-7-12-10-15(11,14)16-13(12,2)3;1-3-5(6)4-2/h6,12H,5,7-10H2,1-4H3;3-4H2,1-2H3/t12-,14+,15+;/m1./s1. The van der Waals surface area contributed by atoms with Crippen molar-refractivity contribution < 1.29 is 9.53 Å². The number of hydrogen-bond acceptors (Lipinski definition) is 2. The molecule has 0 aromatic rings. The summed E-state index contributed by atoms with van der Waals surface area (Å²) in [6.07, 6.45) is 10.3. The van der Waals surface area contributed by atoms with Gasteiger partial charge in [0.1, 0.15) is 5.78 Å². The first-order valence-electron chi connectivity index (χ1n) is 9.10. The summed E-state index contributed by atoms with van der Waals surface area (Å²) in [6.45, 7) is 13.1. The van der Waals surface area contributed by atoms with Gasteiger partial charge in [-0.3, -0.25) is 4.79 Å². The minimum absolute atomic E-state index is 0.0810. The average molecular weight is 306 g/mol. The molecule has 2 aliphatic carbocycles. The zero-order chi connectivity index (χ0) is 16.6. The van der Waals surface area contributed by atoms with Crippen molar-refractivity contribution in [1.82, 2.24) is 0 Å². The average Bonchev–Trinajstić information content (AvgIpc) is 2.71. The Morgan fingerprint density at radius 2 is 1.86 bits per heavy atom. The summed E-state index contributed by atoms with van der Waals surface area (Å²) in [5, 5.41) is 0. The molecule has 0 aromatic carbocycles. The van der Waals surface area contributed by atoms with Crippen LogP contribution in [0, 0.1) is 11.3 Å². The molecule has 3 atom stereocenters. The molecule has 22 heavy (non-hydrogen) atoms. The molecule has 0 unspecified atom stereocenters. The number of Topliss-reactive ketones (excluding diaryl/α,β-unsaturated/α-hetero) is 1. The molecule has 0 aromatic heterocycles. The Labute approximate surface area is 136 Å². The minimum Gasteiger partial charge on any atom is -0.364 e. The van der Waals surface area contributed by atoms with E-state index in [1.165, 1.54) is 37.7 Å². The topological polar surface area (TPSA) is 26.3 Å². The first-order chi connectivity index (χ1) is 10.2. The highest BCUT2D eigenvalue weighted by molar-refractivity contribution is 5.77. The maximum absolute atomic E-state index is 10.2. The maximum Gasteiger partial charge on any atom is 0.132 e. The number of ether oxygens (including phenoxy) is 1. The van der Waals surface area contributed by atoms with Crippen LogP contribution in [0.2, 0.25) is 0 Å². The SMILES string of the molecule is CC1=CCC[C@@]2(C)CC[C@@H]3C[C@]12OC3(C)C.CCC(=O)CC. The van der Waals surface area contributed by atoms with E-state index in [0.29, 0.717) is 24.0 Å². The monoisotopic (exact) mass is 306 g/mol. The lowest BCUT2D eigenvalue weighted by atomic mass is 9.56. The van der Waals surface area contributed by atoms with E-state index in [1.807, 2.05) is 13.8 Å². The fourth-order valence-electron chi connectivity index (χ4n) is 4.75. The molecule has 0 N–H and O–H groups in total. The Morgan fingerprint density at radius 1 is 1.23 bits per heavy atom. The summed E-state index contributed by atoms with van der Waals surface area (Å²) in [6, 6.07) is 0. The Kier molecular flexibility index (Phi) is 4.92. The van der Waals surface area contributed by atoms with Gasteiger partial charge in [-0.2, -0.15) is 0 Å². The third kappa shape index (κ3) is 2.79. The molecular formula is C20H34O2. The fraction of sp³-hybridized carbons (Fsp3) is 0.850. The van der Waals surface area contributed by atoms with Gasteiger partial charge in [-0.15, -0.1) is 0 Å². The summed E-state index contributed by atoms with van der Waals surface area (Å²) >= 11 is 0. The first kappa shape index (κ1) is 17.7. The number of fused-ring (bicyclic) bond motifs is 1. The molecule has 2 fully saturated rings. The van der Waals surface area contributed by atoms with E-state index in [-0.39, 0.29) is 11.2 Å². The van der Waals surface area contributed by atoms with Crippen molar-refractivity contribution in [2.45, 2.75) is 97.7 Å². The van der Waals surface area contributed by atoms with E-state index in [2.05, 4.69) is 33.8 Å². The van der Waals surface area contributed by atoms with Gasteiger partial charge < -0.3 is 4.74 Å². The van der Waals surface area contributed by atoms with Gasteiger partial charge in [-0.25, -0.2) is 0 Å². The van der Waals surface area contributed by atoms with Gasteiger partial charge in [0.25, 0.3) is 0 Å². The summed E-state index contributed by atoms with van der Waals surface area (Å²) in [4.78, 5) is 10.2. The van der Waals surface area contributed by atoms with E-state index in [9.17, 15) is 4.79 Å². The molecule has 2 nitrogen and oxygen atoms in total. The molecule has 2 heteroatoms. The molecule has 1 heterocycles. The summed E-state index contributed by atoms with van der Waals surface area (Å²) in [5.41, 5.74) is 2.08. The molecule has 2 bridgehead atoms. The van der Waals surface area contributed by atoms with Crippen molar-refractivity contribution >= 4 is 5.78 Å². The third-order valence-electron chi connectivity index (χ3n) is 6.55. The van der Waals surface area contributed by atoms with Crippen LogP contribution in [0.1, 0.15) is 86.5 Å². The smallest absolute Gasteiger partial charge is 0.132 e. The van der Waals surface area contributed by atoms with Crippen molar-refractivity contribution in [2.75, 3.05) is 0 Å². The summed E-state index contributed by atoms with van der Waals surface area (Å²) in [7, 11) is 0. The van der Waals surface area contributed by atoms with Crippen molar-refractivity contribution in [1.29, 1.82) is 0 Å². The molecule has 1 saturated heterocycles. The van der Waals surface area contributed by atoms with Gasteiger partial charge in [-0.1, -0.05) is 26.8 Å². The predicted octanol–water partition coefficient (Wildman–Crippen LogP) is 5.46. The molecule has 3 rings (SSSR count). The normalized spacial score (nSPS) is 38.5. The van der Waals surface area contributed by atoms with Crippen LogP contribution in [0.5, 0.6) is 0 Å². The van der Waals surface area contributed by atoms with Crippen molar-refractivity contribution in [3.8, 4) is 0 Å². The van der Waals surface area contributed by atoms with E-state index in [4.69, 9.17) is 4.74 Å².